The van der Waals surface area contributed by atoms with E-state index in [1.165, 1.54) is 12.0 Å². The first-order chi connectivity index (χ1) is 9.66. The van der Waals surface area contributed by atoms with Gasteiger partial charge in [-0.15, -0.1) is 0 Å². The molecule has 0 radical (unpaired) electrons. The Bertz CT molecular complexity index is 393. The van der Waals surface area contributed by atoms with Crippen LogP contribution in [0.2, 0.25) is 0 Å². The fourth-order valence-electron chi connectivity index (χ4n) is 3.12. The van der Waals surface area contributed by atoms with Crippen LogP contribution in [0.15, 0.2) is 11.6 Å². The van der Waals surface area contributed by atoms with E-state index in [-0.39, 0.29) is 12.1 Å². The molecule has 2 aliphatic rings. The summed E-state index contributed by atoms with van der Waals surface area (Å²) in [5.74, 6) is -1.24. The van der Waals surface area contributed by atoms with Gasteiger partial charge in [0.25, 0.3) is 0 Å². The van der Waals surface area contributed by atoms with Crippen LogP contribution in [0.5, 0.6) is 0 Å². The number of carboxylic acids is 1. The highest BCUT2D eigenvalue weighted by atomic mass is 16.4. The van der Waals surface area contributed by atoms with Crippen LogP contribution in [0.1, 0.15) is 51.4 Å². The zero-order valence-electron chi connectivity index (χ0n) is 11.9. The number of nitrogens with one attached hydrogen (secondary N) is 2. The molecule has 20 heavy (non-hydrogen) atoms. The lowest BCUT2D eigenvalue weighted by Crippen LogP contribution is -2.49. The molecule has 5 heteroatoms. The van der Waals surface area contributed by atoms with Crippen LogP contribution in [0.3, 0.4) is 0 Å². The molecule has 2 rings (SSSR count). The summed E-state index contributed by atoms with van der Waals surface area (Å²) < 4.78 is 0. The highest BCUT2D eigenvalue weighted by Gasteiger charge is 2.31. The molecule has 2 aliphatic carbocycles. The number of aliphatic carboxylic acids is 1. The molecule has 0 spiro atoms. The summed E-state index contributed by atoms with van der Waals surface area (Å²) in [5, 5.41) is 14.8. The smallest absolute Gasteiger partial charge is 0.315 e. The van der Waals surface area contributed by atoms with E-state index >= 15 is 0 Å². The standard InChI is InChI=1S/C15H24N2O3/c18-14(19)12-7-3-4-8-13(12)17-15(20)16-10-9-11-5-1-2-6-11/h5,12-13H,1-4,6-10H2,(H,18,19)(H2,16,17,20). The third-order valence-electron chi connectivity index (χ3n) is 4.27. The van der Waals surface area contributed by atoms with E-state index in [9.17, 15) is 9.59 Å². The Morgan fingerprint density at radius 1 is 1.25 bits per heavy atom. The van der Waals surface area contributed by atoms with Gasteiger partial charge in [0.2, 0.25) is 0 Å². The molecule has 2 atom stereocenters. The lowest BCUT2D eigenvalue weighted by atomic mass is 9.84. The van der Waals surface area contributed by atoms with Crippen molar-refractivity contribution < 1.29 is 14.7 Å². The summed E-state index contributed by atoms with van der Waals surface area (Å²) in [6.07, 6.45) is 10.0. The molecule has 1 fully saturated rings. The van der Waals surface area contributed by atoms with E-state index < -0.39 is 11.9 Å². The zero-order valence-corrected chi connectivity index (χ0v) is 11.9. The summed E-state index contributed by atoms with van der Waals surface area (Å²) in [6, 6.07) is -0.464. The number of carboxylic acid groups (broad SMARTS) is 1. The molecule has 0 heterocycles. The first-order valence-corrected chi connectivity index (χ1v) is 7.62. The fraction of sp³-hybridized carbons (Fsp3) is 0.733. The molecule has 3 N–H and O–H groups in total. The van der Waals surface area contributed by atoms with E-state index in [0.717, 1.165) is 38.5 Å². The SMILES string of the molecule is O=C(NCCC1=CCCC1)NC1CCCCC1C(=O)O. The van der Waals surface area contributed by atoms with Gasteiger partial charge >= 0.3 is 12.0 Å². The van der Waals surface area contributed by atoms with Gasteiger partial charge in [0.15, 0.2) is 0 Å². The van der Waals surface area contributed by atoms with Gasteiger partial charge in [0, 0.05) is 12.6 Å². The van der Waals surface area contributed by atoms with E-state index in [0.29, 0.717) is 13.0 Å². The van der Waals surface area contributed by atoms with Gasteiger partial charge in [-0.05, 0) is 38.5 Å². The molecule has 0 aromatic heterocycles. The van der Waals surface area contributed by atoms with Crippen molar-refractivity contribution in [2.75, 3.05) is 6.54 Å². The summed E-state index contributed by atoms with van der Waals surface area (Å²) in [5.41, 5.74) is 1.42. The monoisotopic (exact) mass is 280 g/mol. The lowest BCUT2D eigenvalue weighted by molar-refractivity contribution is -0.143. The Kier molecular flexibility index (Phi) is 5.44. The largest absolute Gasteiger partial charge is 0.481 e. The molecule has 2 unspecified atom stereocenters. The molecule has 0 aromatic rings. The van der Waals surface area contributed by atoms with Gasteiger partial charge in [-0.25, -0.2) is 4.79 Å². The van der Waals surface area contributed by atoms with Crippen molar-refractivity contribution in [3.63, 3.8) is 0 Å². The number of rotatable bonds is 5. The predicted molar refractivity (Wildman–Crippen MR) is 76.5 cm³/mol. The summed E-state index contributed by atoms with van der Waals surface area (Å²) in [7, 11) is 0. The Balaban J connectivity index is 1.70. The number of carbonyl (C=O) groups excluding carboxylic acids is 1. The topological polar surface area (TPSA) is 78.4 Å². The summed E-state index contributed by atoms with van der Waals surface area (Å²) >= 11 is 0. The van der Waals surface area contributed by atoms with Crippen molar-refractivity contribution in [3.05, 3.63) is 11.6 Å². The van der Waals surface area contributed by atoms with Crippen LogP contribution in [0, 0.1) is 5.92 Å². The first-order valence-electron chi connectivity index (χ1n) is 7.62. The maximum atomic E-state index is 11.8. The normalized spacial score (nSPS) is 25.9. The van der Waals surface area contributed by atoms with E-state index in [2.05, 4.69) is 16.7 Å². The molecule has 1 saturated carbocycles. The van der Waals surface area contributed by atoms with E-state index in [1.54, 1.807) is 0 Å². The quantitative estimate of drug-likeness (QED) is 0.677. The van der Waals surface area contributed by atoms with E-state index in [1.807, 2.05) is 0 Å². The second kappa shape index (κ2) is 7.31. The second-order valence-corrected chi connectivity index (χ2v) is 5.74. The van der Waals surface area contributed by atoms with Gasteiger partial charge in [0.1, 0.15) is 0 Å². The minimum absolute atomic E-state index is 0.230. The molecule has 0 aromatic carbocycles. The van der Waals surface area contributed by atoms with Gasteiger partial charge in [-0.2, -0.15) is 0 Å². The number of hydrogen-bond acceptors (Lipinski definition) is 2. The Morgan fingerprint density at radius 3 is 2.75 bits per heavy atom. The van der Waals surface area contributed by atoms with Gasteiger partial charge in [0.05, 0.1) is 5.92 Å². The maximum absolute atomic E-state index is 11.8. The van der Waals surface area contributed by atoms with E-state index in [4.69, 9.17) is 5.11 Å². The Hall–Kier alpha value is -1.52. The average Bonchev–Trinajstić information content (AvgIpc) is 2.92. The van der Waals surface area contributed by atoms with Crippen molar-refractivity contribution in [2.24, 2.45) is 5.92 Å². The summed E-state index contributed by atoms with van der Waals surface area (Å²) in [6.45, 7) is 0.627. The van der Waals surface area contributed by atoms with Gasteiger partial charge in [-0.1, -0.05) is 24.5 Å². The molecular formula is C15H24N2O3. The molecule has 0 aliphatic heterocycles. The minimum atomic E-state index is -0.800. The fourth-order valence-corrected chi connectivity index (χ4v) is 3.12. The molecule has 5 nitrogen and oxygen atoms in total. The number of hydrogen-bond donors (Lipinski definition) is 3. The Morgan fingerprint density at radius 2 is 2.05 bits per heavy atom. The lowest BCUT2D eigenvalue weighted by Gasteiger charge is -2.29. The van der Waals surface area contributed by atoms with Crippen LogP contribution in [-0.4, -0.2) is 29.7 Å². The predicted octanol–water partition coefficient (Wildman–Crippen LogP) is 2.43. The van der Waals surface area contributed by atoms with Crippen LogP contribution in [0.25, 0.3) is 0 Å². The summed E-state index contributed by atoms with van der Waals surface area (Å²) in [4.78, 5) is 23.0. The highest BCUT2D eigenvalue weighted by molar-refractivity contribution is 5.76. The van der Waals surface area contributed by atoms with Crippen LogP contribution < -0.4 is 10.6 Å². The van der Waals surface area contributed by atoms with Crippen molar-refractivity contribution in [1.82, 2.24) is 10.6 Å². The molecule has 112 valence electrons. The van der Waals surface area contributed by atoms with Crippen LogP contribution >= 0.6 is 0 Å². The van der Waals surface area contributed by atoms with Crippen molar-refractivity contribution >= 4 is 12.0 Å². The minimum Gasteiger partial charge on any atom is -0.481 e. The Labute approximate surface area is 119 Å². The zero-order chi connectivity index (χ0) is 14.4. The second-order valence-electron chi connectivity index (χ2n) is 5.74. The average molecular weight is 280 g/mol. The molecule has 0 bridgehead atoms. The molecule has 2 amide bonds. The number of allylic oxidation sites excluding steroid dienone is 1. The van der Waals surface area contributed by atoms with Crippen molar-refractivity contribution in [1.29, 1.82) is 0 Å². The highest BCUT2D eigenvalue weighted by Crippen LogP contribution is 2.24. The van der Waals surface area contributed by atoms with Crippen molar-refractivity contribution in [3.8, 4) is 0 Å². The number of urea groups is 1. The maximum Gasteiger partial charge on any atom is 0.315 e. The van der Waals surface area contributed by atoms with Crippen LogP contribution in [-0.2, 0) is 4.79 Å². The van der Waals surface area contributed by atoms with Crippen molar-refractivity contribution in [2.45, 2.75) is 57.4 Å². The third kappa shape index (κ3) is 4.25. The third-order valence-corrected chi connectivity index (χ3v) is 4.27. The first kappa shape index (κ1) is 14.9. The van der Waals surface area contributed by atoms with Crippen LogP contribution in [0.4, 0.5) is 4.79 Å². The molecular weight excluding hydrogens is 256 g/mol. The number of carbonyl (C=O) groups is 2. The molecule has 0 saturated heterocycles. The number of amides is 2. The van der Waals surface area contributed by atoms with Gasteiger partial charge in [-0.3, -0.25) is 4.79 Å². The van der Waals surface area contributed by atoms with Gasteiger partial charge < -0.3 is 15.7 Å².